The largest absolute Gasteiger partial charge is 0.414 e. The molecule has 0 aliphatic rings. The molecule has 1 aromatic rings. The lowest BCUT2D eigenvalue weighted by atomic mass is 10.1. The number of benzene rings is 1. The average Bonchev–Trinajstić information content (AvgIpc) is 2.27. The van der Waals surface area contributed by atoms with Gasteiger partial charge in [0.25, 0.3) is 11.6 Å². The van der Waals surface area contributed by atoms with Crippen LogP contribution in [0, 0.1) is 17.0 Å². The number of halogens is 3. The number of alkyl halides is 3. The molecule has 1 rings (SSSR count). The molecule has 104 valence electrons. The van der Waals surface area contributed by atoms with E-state index < -0.39 is 23.6 Å². The summed E-state index contributed by atoms with van der Waals surface area (Å²) in [5.74, 6) is -0.981. The van der Waals surface area contributed by atoms with Crippen molar-refractivity contribution in [2.24, 2.45) is 0 Å². The fourth-order valence-corrected chi connectivity index (χ4v) is 1.21. The van der Waals surface area contributed by atoms with Gasteiger partial charge in [0.2, 0.25) is 0 Å². The second kappa shape index (κ2) is 5.65. The first kappa shape index (κ1) is 14.9. The number of hydrogen-bond acceptors (Lipinski definition) is 4. The lowest BCUT2D eigenvalue weighted by molar-refractivity contribution is -0.384. The highest BCUT2D eigenvalue weighted by atomic mass is 19.4. The van der Waals surface area contributed by atoms with Crippen LogP contribution in [0.2, 0.25) is 0 Å². The molecule has 0 heterocycles. The monoisotopic (exact) mass is 278 g/mol. The molecule has 1 aromatic carbocycles. The quantitative estimate of drug-likeness (QED) is 0.675. The lowest BCUT2D eigenvalue weighted by Crippen LogP contribution is -2.30. The number of nitro groups is 1. The van der Waals surface area contributed by atoms with Crippen LogP contribution in [0.25, 0.3) is 0 Å². The molecule has 1 amide bonds. The molecule has 0 aromatic heterocycles. The van der Waals surface area contributed by atoms with Gasteiger partial charge in [-0.05, 0) is 12.5 Å². The Hall–Kier alpha value is -2.16. The molecule has 19 heavy (non-hydrogen) atoms. The van der Waals surface area contributed by atoms with E-state index in [0.717, 1.165) is 6.07 Å². The molecule has 0 spiro atoms. The predicted molar refractivity (Wildman–Crippen MR) is 57.3 cm³/mol. The number of nitrogens with zero attached hydrogens (tertiary/aromatic N) is 1. The Morgan fingerprint density at radius 2 is 2.11 bits per heavy atom. The SMILES string of the molecule is Cc1ccc([N+](=O)[O-])cc1C(=O)NOCC(F)(F)F. The van der Waals surface area contributed by atoms with Crippen LogP contribution in [-0.4, -0.2) is 23.6 Å². The fourth-order valence-electron chi connectivity index (χ4n) is 1.21. The number of aryl methyl sites for hydroxylation is 1. The van der Waals surface area contributed by atoms with Crippen molar-refractivity contribution in [3.8, 4) is 0 Å². The van der Waals surface area contributed by atoms with Crippen LogP contribution < -0.4 is 5.48 Å². The van der Waals surface area contributed by atoms with Gasteiger partial charge in [0.05, 0.1) is 10.5 Å². The second-order valence-corrected chi connectivity index (χ2v) is 3.59. The summed E-state index contributed by atoms with van der Waals surface area (Å²) >= 11 is 0. The van der Waals surface area contributed by atoms with Crippen molar-refractivity contribution in [3.63, 3.8) is 0 Å². The minimum atomic E-state index is -4.58. The standard InChI is InChI=1S/C10H9F3N2O4/c1-6-2-3-7(15(17)18)4-8(6)9(16)14-19-5-10(11,12)13/h2-4H,5H2,1H3,(H,14,16). The second-order valence-electron chi connectivity index (χ2n) is 3.59. The first-order chi connectivity index (χ1) is 8.70. The van der Waals surface area contributed by atoms with Crippen LogP contribution >= 0.6 is 0 Å². The Morgan fingerprint density at radius 3 is 2.63 bits per heavy atom. The van der Waals surface area contributed by atoms with Gasteiger partial charge in [0, 0.05) is 12.1 Å². The summed E-state index contributed by atoms with van der Waals surface area (Å²) in [5.41, 5.74) is 1.49. The Bertz CT molecular complexity index is 502. The number of carbonyl (C=O) groups is 1. The van der Waals surface area contributed by atoms with Crippen molar-refractivity contribution >= 4 is 11.6 Å². The van der Waals surface area contributed by atoms with Crippen molar-refractivity contribution in [1.82, 2.24) is 5.48 Å². The Labute approximate surface area is 105 Å². The van der Waals surface area contributed by atoms with Crippen molar-refractivity contribution in [1.29, 1.82) is 0 Å². The van der Waals surface area contributed by atoms with Gasteiger partial charge in [-0.1, -0.05) is 6.07 Å². The molecule has 0 aliphatic heterocycles. The third-order valence-corrected chi connectivity index (χ3v) is 2.08. The van der Waals surface area contributed by atoms with Crippen molar-refractivity contribution in [2.45, 2.75) is 13.1 Å². The molecule has 0 saturated heterocycles. The van der Waals surface area contributed by atoms with Crippen LogP contribution in [0.3, 0.4) is 0 Å². The zero-order valence-electron chi connectivity index (χ0n) is 9.65. The third kappa shape index (κ3) is 4.54. The molecule has 0 bridgehead atoms. The van der Waals surface area contributed by atoms with Gasteiger partial charge in [-0.2, -0.15) is 13.2 Å². The molecular weight excluding hydrogens is 269 g/mol. The minimum Gasteiger partial charge on any atom is -0.267 e. The normalized spacial score (nSPS) is 11.2. The van der Waals surface area contributed by atoms with Crippen molar-refractivity contribution in [3.05, 3.63) is 39.4 Å². The molecule has 9 heteroatoms. The van der Waals surface area contributed by atoms with Gasteiger partial charge in [-0.3, -0.25) is 19.7 Å². The summed E-state index contributed by atoms with van der Waals surface area (Å²) in [6.07, 6.45) is -4.58. The maximum absolute atomic E-state index is 11.8. The maximum atomic E-state index is 11.8. The summed E-state index contributed by atoms with van der Waals surface area (Å²) in [7, 11) is 0. The number of hydroxylamine groups is 1. The highest BCUT2D eigenvalue weighted by molar-refractivity contribution is 5.95. The van der Waals surface area contributed by atoms with Crippen molar-refractivity contribution < 1.29 is 27.7 Å². The number of hydrogen-bond donors (Lipinski definition) is 1. The lowest BCUT2D eigenvalue weighted by Gasteiger charge is -2.09. The van der Waals surface area contributed by atoms with Gasteiger partial charge >= 0.3 is 6.18 Å². The van der Waals surface area contributed by atoms with Crippen molar-refractivity contribution in [2.75, 3.05) is 6.61 Å². The van der Waals surface area contributed by atoms with Gasteiger partial charge < -0.3 is 0 Å². The zero-order valence-corrected chi connectivity index (χ0v) is 9.65. The number of nitro benzene ring substituents is 1. The minimum absolute atomic E-state index is 0.128. The molecule has 0 fully saturated rings. The smallest absolute Gasteiger partial charge is 0.267 e. The zero-order chi connectivity index (χ0) is 14.6. The van der Waals surface area contributed by atoms with Gasteiger partial charge in [0.1, 0.15) is 0 Å². The van der Waals surface area contributed by atoms with E-state index in [1.54, 1.807) is 5.48 Å². The van der Waals surface area contributed by atoms with Crippen LogP contribution in [0.1, 0.15) is 15.9 Å². The van der Waals surface area contributed by atoms with Gasteiger partial charge in [0.15, 0.2) is 6.61 Å². The van der Waals surface area contributed by atoms with Gasteiger partial charge in [-0.25, -0.2) is 5.48 Å². The molecule has 6 nitrogen and oxygen atoms in total. The summed E-state index contributed by atoms with van der Waals surface area (Å²) in [5, 5.41) is 10.5. The van der Waals surface area contributed by atoms with E-state index in [-0.39, 0.29) is 11.3 Å². The van der Waals surface area contributed by atoms with Crippen LogP contribution in [0.4, 0.5) is 18.9 Å². The predicted octanol–water partition coefficient (Wildman–Crippen LogP) is 2.13. The number of rotatable bonds is 4. The molecule has 1 N–H and O–H groups in total. The number of nitrogens with one attached hydrogen (secondary N) is 1. The highest BCUT2D eigenvalue weighted by Gasteiger charge is 2.28. The van der Waals surface area contributed by atoms with E-state index >= 15 is 0 Å². The molecule has 0 unspecified atom stereocenters. The van der Waals surface area contributed by atoms with E-state index in [1.165, 1.54) is 19.1 Å². The highest BCUT2D eigenvalue weighted by Crippen LogP contribution is 2.18. The molecule has 0 aliphatic carbocycles. The Morgan fingerprint density at radius 1 is 1.47 bits per heavy atom. The average molecular weight is 278 g/mol. The van der Waals surface area contributed by atoms with Crippen LogP contribution in [0.15, 0.2) is 18.2 Å². The molecular formula is C10H9F3N2O4. The van der Waals surface area contributed by atoms with E-state index in [4.69, 9.17) is 0 Å². The number of carbonyl (C=O) groups excluding carboxylic acids is 1. The molecule has 0 radical (unpaired) electrons. The van der Waals surface area contributed by atoms with Gasteiger partial charge in [-0.15, -0.1) is 0 Å². The van der Waals surface area contributed by atoms with Crippen LogP contribution in [-0.2, 0) is 4.84 Å². The summed E-state index contributed by atoms with van der Waals surface area (Å²) in [6.45, 7) is -0.158. The first-order valence-corrected chi connectivity index (χ1v) is 4.94. The van der Waals surface area contributed by atoms with E-state index in [1.807, 2.05) is 0 Å². The van der Waals surface area contributed by atoms with E-state index in [9.17, 15) is 28.1 Å². The van der Waals surface area contributed by atoms with Crippen LogP contribution in [0.5, 0.6) is 0 Å². The third-order valence-electron chi connectivity index (χ3n) is 2.08. The topological polar surface area (TPSA) is 81.5 Å². The Balaban J connectivity index is 2.76. The summed E-state index contributed by atoms with van der Waals surface area (Å²) in [4.78, 5) is 25.3. The number of non-ortho nitro benzene ring substituents is 1. The first-order valence-electron chi connectivity index (χ1n) is 4.94. The number of amides is 1. The summed E-state index contributed by atoms with van der Waals surface area (Å²) in [6, 6.07) is 3.46. The molecule has 0 atom stereocenters. The maximum Gasteiger partial charge on any atom is 0.414 e. The fraction of sp³-hybridized carbons (Fsp3) is 0.300. The summed E-state index contributed by atoms with van der Waals surface area (Å²) < 4.78 is 35.4. The van der Waals surface area contributed by atoms with E-state index in [2.05, 4.69) is 4.84 Å². The van der Waals surface area contributed by atoms with E-state index in [0.29, 0.717) is 5.56 Å². The Kier molecular flexibility index (Phi) is 4.43. The molecule has 0 saturated carbocycles.